The van der Waals surface area contributed by atoms with Crippen molar-refractivity contribution in [2.75, 3.05) is 0 Å². The number of hydrogen-bond acceptors (Lipinski definition) is 2. The zero-order valence-electron chi connectivity index (χ0n) is 9.29. The average molecular weight is 228 g/mol. The van der Waals surface area contributed by atoms with Crippen molar-refractivity contribution in [2.45, 2.75) is 27.2 Å². The van der Waals surface area contributed by atoms with Crippen molar-refractivity contribution in [1.29, 1.82) is 0 Å². The monoisotopic (exact) mass is 227 g/mol. The third-order valence-corrected chi connectivity index (χ3v) is 3.83. The zero-order chi connectivity index (χ0) is 11.6. The van der Waals surface area contributed by atoms with Gasteiger partial charge in [0.25, 0.3) is 0 Å². The quantitative estimate of drug-likeness (QED) is 0.741. The molecule has 0 fully saturated rings. The fourth-order valence-corrected chi connectivity index (χ4v) is 2.59. The van der Waals surface area contributed by atoms with Crippen molar-refractivity contribution >= 4 is 17.6 Å². The Morgan fingerprint density at radius 2 is 2.33 bits per heavy atom. The lowest BCUT2D eigenvalue weighted by molar-refractivity contribution is -0.314. The molecule has 0 aromatic carbocycles. The largest absolute Gasteiger partial charge is 0.550 e. The van der Waals surface area contributed by atoms with Crippen LogP contribution in [0.3, 0.4) is 0 Å². The number of carboxylic acids is 1. The van der Waals surface area contributed by atoms with Gasteiger partial charge in [0.05, 0.1) is 0 Å². The molecule has 0 aromatic heterocycles. The van der Waals surface area contributed by atoms with Crippen molar-refractivity contribution in [1.82, 2.24) is 0 Å². The Labute approximate surface area is 95.6 Å². The maximum absolute atomic E-state index is 11.0. The molecule has 0 aliphatic heterocycles. The second-order valence-corrected chi connectivity index (χ2v) is 4.62. The van der Waals surface area contributed by atoms with Crippen molar-refractivity contribution in [3.63, 3.8) is 0 Å². The van der Waals surface area contributed by atoms with Crippen LogP contribution in [-0.4, -0.2) is 5.97 Å². The van der Waals surface area contributed by atoms with Crippen LogP contribution in [0.4, 0.5) is 0 Å². The first kappa shape index (κ1) is 12.3. The molecule has 0 radical (unpaired) electrons. The van der Waals surface area contributed by atoms with Crippen LogP contribution in [0.2, 0.25) is 0 Å². The van der Waals surface area contributed by atoms with Gasteiger partial charge in [-0.05, 0) is 18.4 Å². The topological polar surface area (TPSA) is 40.1 Å². The Bertz CT molecular complexity index is 320. The van der Waals surface area contributed by atoms with Gasteiger partial charge in [-0.25, -0.2) is 0 Å². The minimum atomic E-state index is -1.00. The molecule has 0 bridgehead atoms. The van der Waals surface area contributed by atoms with Gasteiger partial charge in [-0.3, -0.25) is 0 Å². The summed E-state index contributed by atoms with van der Waals surface area (Å²) in [7, 11) is 0. The number of carboxylic acid groups (broad SMARTS) is 1. The highest BCUT2D eigenvalue weighted by Crippen LogP contribution is 2.44. The van der Waals surface area contributed by atoms with Crippen molar-refractivity contribution in [3.8, 4) is 0 Å². The van der Waals surface area contributed by atoms with Gasteiger partial charge in [0.15, 0.2) is 0 Å². The summed E-state index contributed by atoms with van der Waals surface area (Å²) in [6.45, 7) is 5.69. The molecular formula is C12H16ClO2-. The summed E-state index contributed by atoms with van der Waals surface area (Å²) >= 11 is 5.89. The molecule has 1 aliphatic rings. The first-order chi connectivity index (χ1) is 6.94. The van der Waals surface area contributed by atoms with E-state index in [0.29, 0.717) is 5.03 Å². The fourth-order valence-electron chi connectivity index (χ4n) is 2.34. The van der Waals surface area contributed by atoms with E-state index in [2.05, 4.69) is 0 Å². The number of allylic oxidation sites excluding steroid dienone is 4. The Kier molecular flexibility index (Phi) is 3.61. The predicted molar refractivity (Wildman–Crippen MR) is 59.1 cm³/mol. The summed E-state index contributed by atoms with van der Waals surface area (Å²) in [6, 6.07) is 0. The van der Waals surface area contributed by atoms with Crippen LogP contribution in [0, 0.1) is 17.3 Å². The van der Waals surface area contributed by atoms with Gasteiger partial charge in [-0.1, -0.05) is 44.5 Å². The predicted octanol–water partition coefficient (Wildman–Crippen LogP) is 2.10. The van der Waals surface area contributed by atoms with Gasteiger partial charge in [0.1, 0.15) is 0 Å². The summed E-state index contributed by atoms with van der Waals surface area (Å²) in [4.78, 5) is 11.0. The molecule has 1 rings (SSSR count). The molecule has 0 amide bonds. The molecule has 0 spiro atoms. The van der Waals surface area contributed by atoms with Gasteiger partial charge in [-0.15, -0.1) is 0 Å². The average Bonchev–Trinajstić information content (AvgIpc) is 2.18. The third-order valence-electron chi connectivity index (χ3n) is 3.58. The van der Waals surface area contributed by atoms with Crippen LogP contribution >= 0.6 is 11.6 Å². The lowest BCUT2D eigenvalue weighted by atomic mass is 9.64. The lowest BCUT2D eigenvalue weighted by Gasteiger charge is -2.42. The number of rotatable bonds is 3. The van der Waals surface area contributed by atoms with E-state index >= 15 is 0 Å². The van der Waals surface area contributed by atoms with Gasteiger partial charge in [0.2, 0.25) is 0 Å². The minimum Gasteiger partial charge on any atom is -0.550 e. The fraction of sp³-hybridized carbons (Fsp3) is 0.583. The Balaban J connectivity index is 3.07. The summed E-state index contributed by atoms with van der Waals surface area (Å²) in [6.07, 6.45) is 6.37. The van der Waals surface area contributed by atoms with E-state index in [1.54, 1.807) is 13.0 Å². The van der Waals surface area contributed by atoms with E-state index in [9.17, 15) is 9.90 Å². The van der Waals surface area contributed by atoms with E-state index in [4.69, 9.17) is 11.6 Å². The molecule has 84 valence electrons. The zero-order valence-corrected chi connectivity index (χ0v) is 10.0. The van der Waals surface area contributed by atoms with E-state index in [1.807, 2.05) is 26.0 Å². The minimum absolute atomic E-state index is 0.118. The van der Waals surface area contributed by atoms with Crippen LogP contribution < -0.4 is 5.11 Å². The smallest absolute Gasteiger partial charge is 0.0451 e. The first-order valence-corrected chi connectivity index (χ1v) is 5.59. The molecule has 0 heterocycles. The second kappa shape index (κ2) is 4.40. The molecule has 15 heavy (non-hydrogen) atoms. The Hall–Kier alpha value is -0.760. The van der Waals surface area contributed by atoms with Crippen LogP contribution in [0.5, 0.6) is 0 Å². The molecule has 0 aromatic rings. The summed E-state index contributed by atoms with van der Waals surface area (Å²) < 4.78 is 0. The van der Waals surface area contributed by atoms with Crippen LogP contribution in [0.15, 0.2) is 23.3 Å². The molecule has 0 saturated carbocycles. The number of aliphatic carboxylic acids is 1. The van der Waals surface area contributed by atoms with Crippen molar-refractivity contribution in [2.24, 2.45) is 17.3 Å². The molecule has 1 aliphatic carbocycles. The normalized spacial score (nSPS) is 32.3. The van der Waals surface area contributed by atoms with Gasteiger partial charge in [-0.2, -0.15) is 0 Å². The standard InChI is InChI=1S/C12H17ClO2/c1-4-12(9(3)11(14)15)6-5-10(13)7-8(12)2/h5-9H,4H2,1-3H3,(H,14,15)/p-1. The van der Waals surface area contributed by atoms with Crippen LogP contribution in [0.1, 0.15) is 27.2 Å². The number of halogens is 1. The van der Waals surface area contributed by atoms with E-state index in [0.717, 1.165) is 6.42 Å². The van der Waals surface area contributed by atoms with Crippen molar-refractivity contribution < 1.29 is 9.90 Å². The number of carbonyl (C=O) groups excluding carboxylic acids is 1. The molecular weight excluding hydrogens is 212 g/mol. The summed E-state index contributed by atoms with van der Waals surface area (Å²) in [5, 5.41) is 11.7. The third kappa shape index (κ3) is 2.10. The highest BCUT2D eigenvalue weighted by atomic mass is 35.5. The second-order valence-electron chi connectivity index (χ2n) is 4.18. The van der Waals surface area contributed by atoms with Gasteiger partial charge in [0, 0.05) is 22.3 Å². The summed E-state index contributed by atoms with van der Waals surface area (Å²) in [5.41, 5.74) is -0.364. The highest BCUT2D eigenvalue weighted by molar-refractivity contribution is 6.31. The molecule has 2 nitrogen and oxygen atoms in total. The van der Waals surface area contributed by atoms with Crippen molar-refractivity contribution in [3.05, 3.63) is 23.3 Å². The maximum Gasteiger partial charge on any atom is 0.0451 e. The number of carbonyl (C=O) groups is 1. The van der Waals surface area contributed by atoms with Crippen LogP contribution in [-0.2, 0) is 4.79 Å². The molecule has 0 saturated heterocycles. The first-order valence-electron chi connectivity index (χ1n) is 5.21. The molecule has 3 heteroatoms. The lowest BCUT2D eigenvalue weighted by Crippen LogP contribution is -2.44. The van der Waals surface area contributed by atoms with Crippen LogP contribution in [0.25, 0.3) is 0 Å². The van der Waals surface area contributed by atoms with E-state index < -0.39 is 11.9 Å². The maximum atomic E-state index is 11.0. The van der Waals surface area contributed by atoms with Gasteiger partial charge >= 0.3 is 0 Å². The van der Waals surface area contributed by atoms with Gasteiger partial charge < -0.3 is 9.90 Å². The number of hydrogen-bond donors (Lipinski definition) is 0. The Morgan fingerprint density at radius 1 is 1.73 bits per heavy atom. The summed E-state index contributed by atoms with van der Waals surface area (Å²) in [5.74, 6) is -1.39. The molecule has 3 unspecified atom stereocenters. The van der Waals surface area contributed by atoms with E-state index in [-0.39, 0.29) is 11.3 Å². The Morgan fingerprint density at radius 3 is 2.73 bits per heavy atom. The molecule has 0 N–H and O–H groups in total. The SMILES string of the molecule is CCC1(C(C)C(=O)[O-])C=CC(Cl)=CC1C. The van der Waals surface area contributed by atoms with E-state index in [1.165, 1.54) is 0 Å². The molecule has 3 atom stereocenters. The highest BCUT2D eigenvalue weighted by Gasteiger charge is 2.38.